The highest BCUT2D eigenvalue weighted by molar-refractivity contribution is 5.94. The number of ketones is 1. The van der Waals surface area contributed by atoms with Crippen molar-refractivity contribution in [2.45, 2.75) is 6.92 Å². The molecule has 0 saturated carbocycles. The van der Waals surface area contributed by atoms with Gasteiger partial charge in [0.25, 0.3) is 0 Å². The van der Waals surface area contributed by atoms with E-state index in [1.54, 1.807) is 24.3 Å². The van der Waals surface area contributed by atoms with Crippen molar-refractivity contribution in [2.75, 3.05) is 31.2 Å². The average molecular weight is 299 g/mol. The van der Waals surface area contributed by atoms with Crippen LogP contribution in [0.1, 0.15) is 17.3 Å². The lowest BCUT2D eigenvalue weighted by Crippen LogP contribution is -2.36. The minimum atomic E-state index is -0.0987. The minimum absolute atomic E-state index is 0.00932. The van der Waals surface area contributed by atoms with Crippen LogP contribution in [0.5, 0.6) is 0 Å². The first-order valence-corrected chi connectivity index (χ1v) is 7.23. The average Bonchev–Trinajstić information content (AvgIpc) is 2.55. The summed E-state index contributed by atoms with van der Waals surface area (Å²) < 4.78 is 11.2. The molecule has 5 heteroatoms. The maximum Gasteiger partial charge on any atom is 0.200 e. The Morgan fingerprint density at radius 1 is 1.09 bits per heavy atom. The normalized spacial score (nSPS) is 14.9. The number of ether oxygens (including phenoxy) is 1. The molecular formula is C17H17NO4. The third-order valence-electron chi connectivity index (χ3n) is 3.65. The van der Waals surface area contributed by atoms with Gasteiger partial charge in [0.2, 0.25) is 0 Å². The smallest absolute Gasteiger partial charge is 0.200 e. The molecule has 0 bridgehead atoms. The van der Waals surface area contributed by atoms with Gasteiger partial charge in [-0.3, -0.25) is 9.59 Å². The molecule has 0 aliphatic carbocycles. The zero-order valence-electron chi connectivity index (χ0n) is 12.4. The SMILES string of the molecule is CC(=O)c1ccc(-c2cc(=O)cc(N3CCOCC3)o2)cc1. The Morgan fingerprint density at radius 3 is 2.41 bits per heavy atom. The molecule has 1 aromatic carbocycles. The molecule has 2 heterocycles. The summed E-state index contributed by atoms with van der Waals surface area (Å²) in [5.41, 5.74) is 1.31. The molecule has 0 unspecified atom stereocenters. The first-order valence-electron chi connectivity index (χ1n) is 7.23. The number of nitrogens with zero attached hydrogens (tertiary/aromatic N) is 1. The fraction of sp³-hybridized carbons (Fsp3) is 0.294. The topological polar surface area (TPSA) is 59.8 Å². The molecule has 1 aliphatic heterocycles. The van der Waals surface area contributed by atoms with Crippen molar-refractivity contribution in [3.8, 4) is 11.3 Å². The van der Waals surface area contributed by atoms with E-state index < -0.39 is 0 Å². The van der Waals surface area contributed by atoms with Gasteiger partial charge in [-0.15, -0.1) is 0 Å². The molecule has 0 N–H and O–H groups in total. The summed E-state index contributed by atoms with van der Waals surface area (Å²) in [6.07, 6.45) is 0. The van der Waals surface area contributed by atoms with E-state index in [4.69, 9.17) is 9.15 Å². The third-order valence-corrected chi connectivity index (χ3v) is 3.65. The predicted octanol–water partition coefficient (Wildman–Crippen LogP) is 2.35. The number of carbonyl (C=O) groups excluding carboxylic acids is 1. The molecule has 1 aliphatic rings. The predicted molar refractivity (Wildman–Crippen MR) is 83.5 cm³/mol. The fourth-order valence-corrected chi connectivity index (χ4v) is 2.42. The molecule has 1 fully saturated rings. The van der Waals surface area contributed by atoms with Crippen LogP contribution in [0.15, 0.2) is 45.6 Å². The van der Waals surface area contributed by atoms with Crippen molar-refractivity contribution in [3.63, 3.8) is 0 Å². The molecule has 114 valence electrons. The van der Waals surface area contributed by atoms with Crippen molar-refractivity contribution in [3.05, 3.63) is 52.2 Å². The molecule has 0 amide bonds. The molecule has 0 radical (unpaired) electrons. The van der Waals surface area contributed by atoms with Crippen LogP contribution in [0, 0.1) is 0 Å². The van der Waals surface area contributed by atoms with Crippen molar-refractivity contribution in [1.82, 2.24) is 0 Å². The van der Waals surface area contributed by atoms with E-state index in [-0.39, 0.29) is 11.2 Å². The summed E-state index contributed by atoms with van der Waals surface area (Å²) in [6, 6.07) is 10.0. The van der Waals surface area contributed by atoms with Gasteiger partial charge < -0.3 is 14.1 Å². The highest BCUT2D eigenvalue weighted by Gasteiger charge is 2.15. The summed E-state index contributed by atoms with van der Waals surface area (Å²) in [4.78, 5) is 25.2. The van der Waals surface area contributed by atoms with Crippen molar-refractivity contribution < 1.29 is 13.9 Å². The number of Topliss-reactive ketones (excluding diaryl/α,β-unsaturated/α-hetero) is 1. The first kappa shape index (κ1) is 14.5. The van der Waals surface area contributed by atoms with Gasteiger partial charge >= 0.3 is 0 Å². The zero-order valence-corrected chi connectivity index (χ0v) is 12.4. The Balaban J connectivity index is 1.94. The van der Waals surface area contributed by atoms with E-state index >= 15 is 0 Å². The molecule has 1 saturated heterocycles. The molecule has 22 heavy (non-hydrogen) atoms. The number of rotatable bonds is 3. The number of anilines is 1. The second-order valence-electron chi connectivity index (χ2n) is 5.23. The van der Waals surface area contributed by atoms with E-state index in [2.05, 4.69) is 0 Å². The molecule has 5 nitrogen and oxygen atoms in total. The number of hydrogen-bond acceptors (Lipinski definition) is 5. The number of hydrogen-bond donors (Lipinski definition) is 0. The molecule has 3 rings (SSSR count). The standard InChI is InChI=1S/C17H17NO4/c1-12(19)13-2-4-14(5-3-13)16-10-15(20)11-17(22-16)18-6-8-21-9-7-18/h2-5,10-11H,6-9H2,1H3. The lowest BCUT2D eigenvalue weighted by Gasteiger charge is -2.27. The summed E-state index contributed by atoms with van der Waals surface area (Å²) in [5, 5.41) is 0. The van der Waals surface area contributed by atoms with Crippen LogP contribution in [0.3, 0.4) is 0 Å². The third kappa shape index (κ3) is 3.09. The summed E-state index contributed by atoms with van der Waals surface area (Å²) in [5.74, 6) is 1.07. The minimum Gasteiger partial charge on any atom is -0.440 e. The molecule has 0 spiro atoms. The van der Waals surface area contributed by atoms with E-state index in [0.29, 0.717) is 43.5 Å². The summed E-state index contributed by atoms with van der Waals surface area (Å²) >= 11 is 0. The largest absolute Gasteiger partial charge is 0.440 e. The van der Waals surface area contributed by atoms with E-state index in [9.17, 15) is 9.59 Å². The van der Waals surface area contributed by atoms with E-state index in [1.807, 2.05) is 4.90 Å². The highest BCUT2D eigenvalue weighted by Crippen LogP contribution is 2.24. The number of carbonyl (C=O) groups is 1. The monoisotopic (exact) mass is 299 g/mol. The van der Waals surface area contributed by atoms with Crippen LogP contribution in [-0.2, 0) is 4.74 Å². The molecule has 0 atom stereocenters. The van der Waals surface area contributed by atoms with Gasteiger partial charge in [-0.05, 0) is 6.92 Å². The Bertz CT molecular complexity index is 727. The second-order valence-corrected chi connectivity index (χ2v) is 5.23. The van der Waals surface area contributed by atoms with Gasteiger partial charge in [-0.2, -0.15) is 0 Å². The van der Waals surface area contributed by atoms with Gasteiger partial charge in [0.05, 0.1) is 13.2 Å². The maximum absolute atomic E-state index is 11.9. The lowest BCUT2D eigenvalue weighted by molar-refractivity contribution is 0.101. The van der Waals surface area contributed by atoms with E-state index in [0.717, 1.165) is 5.56 Å². The maximum atomic E-state index is 11.9. The quantitative estimate of drug-likeness (QED) is 0.814. The Labute approximate surface area is 128 Å². The van der Waals surface area contributed by atoms with Gasteiger partial charge in [-0.25, -0.2) is 0 Å². The lowest BCUT2D eigenvalue weighted by atomic mass is 10.1. The zero-order chi connectivity index (χ0) is 15.5. The van der Waals surface area contributed by atoms with Gasteiger partial charge in [0, 0.05) is 36.3 Å². The van der Waals surface area contributed by atoms with Crippen LogP contribution in [0.25, 0.3) is 11.3 Å². The van der Waals surface area contributed by atoms with Crippen LogP contribution in [0.2, 0.25) is 0 Å². The van der Waals surface area contributed by atoms with Crippen LogP contribution >= 0.6 is 0 Å². The Hall–Kier alpha value is -2.40. The molecule has 1 aromatic heterocycles. The molecular weight excluding hydrogens is 282 g/mol. The fourth-order valence-electron chi connectivity index (χ4n) is 2.42. The van der Waals surface area contributed by atoms with Gasteiger partial charge in [-0.1, -0.05) is 24.3 Å². The van der Waals surface area contributed by atoms with Crippen LogP contribution < -0.4 is 10.3 Å². The van der Waals surface area contributed by atoms with Crippen molar-refractivity contribution in [1.29, 1.82) is 0 Å². The number of benzene rings is 1. The Kier molecular flexibility index (Phi) is 4.06. The van der Waals surface area contributed by atoms with Crippen LogP contribution in [-0.4, -0.2) is 32.1 Å². The molecule has 2 aromatic rings. The first-order chi connectivity index (χ1) is 10.6. The highest BCUT2D eigenvalue weighted by atomic mass is 16.5. The number of morpholine rings is 1. The summed E-state index contributed by atoms with van der Waals surface area (Å²) in [7, 11) is 0. The van der Waals surface area contributed by atoms with Crippen LogP contribution in [0.4, 0.5) is 5.88 Å². The second kappa shape index (κ2) is 6.15. The van der Waals surface area contributed by atoms with Crippen molar-refractivity contribution >= 4 is 11.7 Å². The Morgan fingerprint density at radius 2 is 1.77 bits per heavy atom. The van der Waals surface area contributed by atoms with Gasteiger partial charge in [0.15, 0.2) is 17.1 Å². The van der Waals surface area contributed by atoms with Gasteiger partial charge in [0.1, 0.15) is 5.76 Å². The summed E-state index contributed by atoms with van der Waals surface area (Å²) in [6.45, 7) is 4.18. The van der Waals surface area contributed by atoms with E-state index in [1.165, 1.54) is 19.1 Å². The van der Waals surface area contributed by atoms with Crippen molar-refractivity contribution in [2.24, 2.45) is 0 Å².